The van der Waals surface area contributed by atoms with Gasteiger partial charge in [0.15, 0.2) is 0 Å². The van der Waals surface area contributed by atoms with Crippen molar-refractivity contribution in [1.82, 2.24) is 14.9 Å². The number of amides is 1. The number of ether oxygens (including phenoxy) is 2. The normalized spacial score (nSPS) is 30.3. The highest BCUT2D eigenvalue weighted by Crippen LogP contribution is 2.56. The fourth-order valence-electron chi connectivity index (χ4n) is 6.61. The molecule has 8 nitrogen and oxygen atoms in total. The number of carbonyl (C=O) groups excluding carboxylic acids is 2. The first-order valence-electron chi connectivity index (χ1n) is 12.1. The summed E-state index contributed by atoms with van der Waals surface area (Å²) in [7, 11) is 0. The SMILES string of the molecule is CCOC(=O)c1cnn2cccc2c1NC1C2CC3CC1CC(NC(=O)OC(C)(C)C)(C3)C2. The topological polar surface area (TPSA) is 94.0 Å². The van der Waals surface area contributed by atoms with Crippen molar-refractivity contribution in [3.8, 4) is 0 Å². The Hall–Kier alpha value is -2.77. The van der Waals surface area contributed by atoms with E-state index < -0.39 is 5.60 Å². The molecule has 178 valence electrons. The van der Waals surface area contributed by atoms with Crippen LogP contribution < -0.4 is 10.6 Å². The quantitative estimate of drug-likeness (QED) is 0.651. The highest BCUT2D eigenvalue weighted by molar-refractivity contribution is 5.99. The van der Waals surface area contributed by atoms with Crippen molar-refractivity contribution in [3.05, 3.63) is 30.1 Å². The summed E-state index contributed by atoms with van der Waals surface area (Å²) in [4.78, 5) is 25.3. The second-order valence-electron chi connectivity index (χ2n) is 11.0. The third-order valence-corrected chi connectivity index (χ3v) is 7.41. The number of fused-ring (bicyclic) bond motifs is 1. The number of anilines is 1. The summed E-state index contributed by atoms with van der Waals surface area (Å²) in [5, 5.41) is 11.4. The number of nitrogens with one attached hydrogen (secondary N) is 2. The fourth-order valence-corrected chi connectivity index (χ4v) is 6.61. The zero-order chi connectivity index (χ0) is 23.4. The van der Waals surface area contributed by atoms with Crippen molar-refractivity contribution < 1.29 is 19.1 Å². The van der Waals surface area contributed by atoms with Crippen molar-refractivity contribution in [3.63, 3.8) is 0 Å². The molecule has 0 spiro atoms. The molecular weight excluding hydrogens is 420 g/mol. The van der Waals surface area contributed by atoms with E-state index in [4.69, 9.17) is 9.47 Å². The number of hydrogen-bond acceptors (Lipinski definition) is 6. The van der Waals surface area contributed by atoms with Crippen LogP contribution in [0.3, 0.4) is 0 Å². The molecule has 4 bridgehead atoms. The summed E-state index contributed by atoms with van der Waals surface area (Å²) in [6.07, 6.45) is 8.32. The van der Waals surface area contributed by atoms with E-state index in [1.165, 1.54) is 0 Å². The van der Waals surface area contributed by atoms with Crippen LogP contribution in [0, 0.1) is 17.8 Å². The van der Waals surface area contributed by atoms with Gasteiger partial charge < -0.3 is 20.1 Å². The Balaban J connectivity index is 1.40. The summed E-state index contributed by atoms with van der Waals surface area (Å²) >= 11 is 0. The second kappa shape index (κ2) is 7.92. The van der Waals surface area contributed by atoms with Crippen molar-refractivity contribution in [1.29, 1.82) is 0 Å². The van der Waals surface area contributed by atoms with Gasteiger partial charge in [-0.2, -0.15) is 5.10 Å². The van der Waals surface area contributed by atoms with Gasteiger partial charge in [0.2, 0.25) is 0 Å². The van der Waals surface area contributed by atoms with Gasteiger partial charge in [0.05, 0.1) is 24.0 Å². The average Bonchev–Trinajstić information content (AvgIpc) is 3.17. The maximum absolute atomic E-state index is 12.7. The molecule has 4 fully saturated rings. The van der Waals surface area contributed by atoms with Gasteiger partial charge in [-0.1, -0.05) is 0 Å². The molecule has 4 aliphatic rings. The number of nitrogens with zero attached hydrogens (tertiary/aromatic N) is 2. The van der Waals surface area contributed by atoms with Gasteiger partial charge in [0.1, 0.15) is 11.2 Å². The highest BCUT2D eigenvalue weighted by Gasteiger charge is 2.56. The van der Waals surface area contributed by atoms with E-state index in [1.807, 2.05) is 46.0 Å². The first kappa shape index (κ1) is 22.0. The van der Waals surface area contributed by atoms with E-state index in [1.54, 1.807) is 10.7 Å². The number of alkyl carbamates (subject to hydrolysis) is 1. The van der Waals surface area contributed by atoms with Gasteiger partial charge in [-0.05, 0) is 89.7 Å². The van der Waals surface area contributed by atoms with Crippen LogP contribution in [-0.2, 0) is 9.47 Å². The minimum atomic E-state index is -0.510. The maximum Gasteiger partial charge on any atom is 0.408 e. The molecule has 8 heteroatoms. The molecule has 2 aromatic heterocycles. The molecule has 4 saturated carbocycles. The summed E-state index contributed by atoms with van der Waals surface area (Å²) in [5.41, 5.74) is 1.43. The van der Waals surface area contributed by atoms with Crippen molar-refractivity contribution >= 4 is 23.3 Å². The standard InChI is InChI=1S/C25H34N4O4/c1-5-32-22(30)18-14-26-29-8-6-7-19(29)21(18)27-20-16-9-15-10-17(20)13-25(11-15,12-16)28-23(31)33-24(2,3)4/h6-8,14-17,20,27H,5,9-13H2,1-4H3,(H,28,31). The van der Waals surface area contributed by atoms with Crippen molar-refractivity contribution in [2.45, 2.75) is 77.0 Å². The van der Waals surface area contributed by atoms with E-state index in [2.05, 4.69) is 15.7 Å². The minimum absolute atomic E-state index is 0.191. The number of rotatable bonds is 5. The zero-order valence-electron chi connectivity index (χ0n) is 19.9. The zero-order valence-corrected chi connectivity index (χ0v) is 19.9. The Morgan fingerprint density at radius 2 is 1.94 bits per heavy atom. The Labute approximate surface area is 194 Å². The summed E-state index contributed by atoms with van der Waals surface area (Å²) in [6, 6.07) is 4.14. The van der Waals surface area contributed by atoms with Crippen LogP contribution in [-0.4, -0.2) is 45.5 Å². The molecule has 2 unspecified atom stereocenters. The van der Waals surface area contributed by atoms with E-state index in [9.17, 15) is 9.59 Å². The van der Waals surface area contributed by atoms with Gasteiger partial charge in [0, 0.05) is 17.8 Å². The minimum Gasteiger partial charge on any atom is -0.462 e. The van der Waals surface area contributed by atoms with Crippen LogP contribution in [0.5, 0.6) is 0 Å². The number of aromatic nitrogens is 2. The van der Waals surface area contributed by atoms with Gasteiger partial charge in [-0.15, -0.1) is 0 Å². The molecular formula is C25H34N4O4. The van der Waals surface area contributed by atoms with Gasteiger partial charge >= 0.3 is 12.1 Å². The van der Waals surface area contributed by atoms with Crippen molar-refractivity contribution in [2.75, 3.05) is 11.9 Å². The first-order chi connectivity index (χ1) is 15.7. The molecule has 0 aliphatic heterocycles. The molecule has 2 N–H and O–H groups in total. The predicted molar refractivity (Wildman–Crippen MR) is 124 cm³/mol. The lowest BCUT2D eigenvalue weighted by molar-refractivity contribution is -0.0348. The van der Waals surface area contributed by atoms with Crippen LogP contribution in [0.1, 0.15) is 70.2 Å². The molecule has 0 radical (unpaired) electrons. The number of carbonyl (C=O) groups is 2. The Bertz CT molecular complexity index is 1060. The smallest absolute Gasteiger partial charge is 0.408 e. The summed E-state index contributed by atoms with van der Waals surface area (Å²) < 4.78 is 12.7. The second-order valence-corrected chi connectivity index (χ2v) is 11.0. The van der Waals surface area contributed by atoms with Crippen LogP contribution in [0.15, 0.2) is 24.5 Å². The Morgan fingerprint density at radius 3 is 2.61 bits per heavy atom. The highest BCUT2D eigenvalue weighted by atomic mass is 16.6. The average molecular weight is 455 g/mol. The van der Waals surface area contributed by atoms with Gasteiger partial charge in [-0.25, -0.2) is 14.1 Å². The lowest BCUT2D eigenvalue weighted by Crippen LogP contribution is -2.65. The molecule has 2 heterocycles. The summed E-state index contributed by atoms with van der Waals surface area (Å²) in [6.45, 7) is 7.81. The van der Waals surface area contributed by atoms with Crippen LogP contribution in [0.2, 0.25) is 0 Å². The van der Waals surface area contributed by atoms with Crippen LogP contribution >= 0.6 is 0 Å². The molecule has 4 aliphatic carbocycles. The van der Waals surface area contributed by atoms with Crippen LogP contribution in [0.25, 0.3) is 5.52 Å². The third-order valence-electron chi connectivity index (χ3n) is 7.41. The Kier molecular flexibility index (Phi) is 5.29. The largest absolute Gasteiger partial charge is 0.462 e. The molecule has 2 atom stereocenters. The molecule has 2 aromatic rings. The molecule has 33 heavy (non-hydrogen) atoms. The van der Waals surface area contributed by atoms with Crippen LogP contribution in [0.4, 0.5) is 10.5 Å². The maximum atomic E-state index is 12.7. The monoisotopic (exact) mass is 454 g/mol. The van der Waals surface area contributed by atoms with E-state index in [0.717, 1.165) is 43.3 Å². The Morgan fingerprint density at radius 1 is 1.21 bits per heavy atom. The lowest BCUT2D eigenvalue weighted by Gasteiger charge is -2.60. The number of hydrogen-bond donors (Lipinski definition) is 2. The fraction of sp³-hybridized carbons (Fsp3) is 0.640. The van der Waals surface area contributed by atoms with Gasteiger partial charge in [0.25, 0.3) is 0 Å². The molecule has 6 rings (SSSR count). The molecule has 0 saturated heterocycles. The van der Waals surface area contributed by atoms with E-state index >= 15 is 0 Å². The molecule has 0 aromatic carbocycles. The lowest BCUT2D eigenvalue weighted by atomic mass is 9.51. The third kappa shape index (κ3) is 4.15. The van der Waals surface area contributed by atoms with Gasteiger partial charge in [-0.3, -0.25) is 0 Å². The van der Waals surface area contributed by atoms with E-state index in [-0.39, 0.29) is 23.6 Å². The van der Waals surface area contributed by atoms with Crippen molar-refractivity contribution in [2.24, 2.45) is 17.8 Å². The van der Waals surface area contributed by atoms with E-state index in [0.29, 0.717) is 29.9 Å². The molecule has 1 amide bonds. The summed E-state index contributed by atoms with van der Waals surface area (Å²) in [5.74, 6) is 1.10. The number of esters is 1. The first-order valence-corrected chi connectivity index (χ1v) is 12.1. The predicted octanol–water partition coefficient (Wildman–Crippen LogP) is 4.39.